The zero-order chi connectivity index (χ0) is 15.4. The summed E-state index contributed by atoms with van der Waals surface area (Å²) in [7, 11) is 1.66. The topological polar surface area (TPSA) is 51.2 Å². The van der Waals surface area contributed by atoms with Crippen LogP contribution in [-0.4, -0.2) is 31.2 Å². The Morgan fingerprint density at radius 3 is 2.91 bits per heavy atom. The molecule has 1 amide bonds. The number of hydrogen-bond acceptors (Lipinski definition) is 5. The van der Waals surface area contributed by atoms with Gasteiger partial charge in [0.25, 0.3) is 5.91 Å². The summed E-state index contributed by atoms with van der Waals surface area (Å²) in [4.78, 5) is 18.4. The maximum absolute atomic E-state index is 12.1. The van der Waals surface area contributed by atoms with Gasteiger partial charge in [-0.2, -0.15) is 0 Å². The van der Waals surface area contributed by atoms with Crippen molar-refractivity contribution < 1.29 is 9.53 Å². The van der Waals surface area contributed by atoms with Crippen molar-refractivity contribution in [3.05, 3.63) is 41.3 Å². The molecule has 3 rings (SSSR count). The third-order valence-electron chi connectivity index (χ3n) is 3.15. The normalized spacial score (nSPS) is 11.0. The first-order chi connectivity index (χ1) is 10.8. The number of aromatic nitrogens is 1. The highest BCUT2D eigenvalue weighted by Gasteiger charge is 2.12. The molecule has 0 atom stereocenters. The molecule has 0 spiro atoms. The Labute approximate surface area is 136 Å². The van der Waals surface area contributed by atoms with Crippen LogP contribution in [0.1, 0.15) is 16.1 Å². The minimum absolute atomic E-state index is 0.0338. The Morgan fingerprint density at radius 2 is 2.09 bits per heavy atom. The Morgan fingerprint density at radius 1 is 1.23 bits per heavy atom. The van der Waals surface area contributed by atoms with E-state index in [-0.39, 0.29) is 5.91 Å². The van der Waals surface area contributed by atoms with Gasteiger partial charge in [-0.05, 0) is 30.7 Å². The Hall–Kier alpha value is -1.76. The molecule has 0 saturated heterocycles. The molecule has 2 aromatic heterocycles. The third kappa shape index (κ3) is 3.35. The van der Waals surface area contributed by atoms with E-state index in [9.17, 15) is 4.79 Å². The van der Waals surface area contributed by atoms with Crippen LogP contribution < -0.4 is 5.32 Å². The average molecular weight is 332 g/mol. The number of amides is 1. The third-order valence-corrected chi connectivity index (χ3v) is 5.43. The number of carbonyl (C=O) groups excluding carboxylic acids is 1. The van der Waals surface area contributed by atoms with E-state index >= 15 is 0 Å². The van der Waals surface area contributed by atoms with Crippen LogP contribution in [0.15, 0.2) is 36.4 Å². The molecule has 1 aromatic carbocycles. The van der Waals surface area contributed by atoms with Crippen molar-refractivity contribution in [2.45, 2.75) is 6.42 Å². The van der Waals surface area contributed by atoms with Crippen LogP contribution in [0.25, 0.3) is 20.1 Å². The molecule has 0 radical (unpaired) electrons. The lowest BCUT2D eigenvalue weighted by Gasteiger charge is -2.02. The molecule has 22 heavy (non-hydrogen) atoms. The van der Waals surface area contributed by atoms with Crippen LogP contribution in [-0.2, 0) is 4.74 Å². The molecule has 0 fully saturated rings. The number of methoxy groups -OCH3 is 1. The van der Waals surface area contributed by atoms with Gasteiger partial charge in [0, 0.05) is 20.3 Å². The minimum atomic E-state index is -0.0338. The lowest BCUT2D eigenvalue weighted by Crippen LogP contribution is -2.24. The smallest absolute Gasteiger partial charge is 0.261 e. The van der Waals surface area contributed by atoms with Crippen molar-refractivity contribution in [3.63, 3.8) is 0 Å². The first-order valence-electron chi connectivity index (χ1n) is 7.01. The van der Waals surface area contributed by atoms with Crippen LogP contribution >= 0.6 is 22.7 Å². The van der Waals surface area contributed by atoms with Gasteiger partial charge in [0.2, 0.25) is 0 Å². The summed E-state index contributed by atoms with van der Waals surface area (Å²) in [6.45, 7) is 1.28. The minimum Gasteiger partial charge on any atom is -0.385 e. The average Bonchev–Trinajstić information content (AvgIpc) is 3.17. The molecule has 2 heterocycles. The van der Waals surface area contributed by atoms with E-state index < -0.39 is 0 Å². The molecule has 0 aliphatic rings. The highest BCUT2D eigenvalue weighted by atomic mass is 32.1. The van der Waals surface area contributed by atoms with Crippen molar-refractivity contribution in [1.82, 2.24) is 10.3 Å². The van der Waals surface area contributed by atoms with Crippen LogP contribution in [0, 0.1) is 0 Å². The summed E-state index contributed by atoms with van der Waals surface area (Å²) in [6, 6.07) is 11.9. The number of nitrogens with zero attached hydrogens (tertiary/aromatic N) is 1. The van der Waals surface area contributed by atoms with Crippen molar-refractivity contribution in [1.29, 1.82) is 0 Å². The van der Waals surface area contributed by atoms with Crippen molar-refractivity contribution in [2.75, 3.05) is 20.3 Å². The van der Waals surface area contributed by atoms with Crippen molar-refractivity contribution in [3.8, 4) is 9.88 Å². The van der Waals surface area contributed by atoms with E-state index in [1.165, 1.54) is 11.3 Å². The molecule has 0 aliphatic heterocycles. The molecular formula is C16H16N2O2S2. The summed E-state index contributed by atoms with van der Waals surface area (Å²) in [5.74, 6) is -0.0338. The maximum atomic E-state index is 12.1. The molecule has 3 aromatic rings. The van der Waals surface area contributed by atoms with Crippen LogP contribution in [0.3, 0.4) is 0 Å². The molecule has 0 aliphatic carbocycles. The number of ether oxygens (including phenoxy) is 1. The zero-order valence-electron chi connectivity index (χ0n) is 12.2. The molecule has 0 bridgehead atoms. The van der Waals surface area contributed by atoms with Crippen molar-refractivity contribution in [2.24, 2.45) is 0 Å². The van der Waals surface area contributed by atoms with Crippen LogP contribution in [0.2, 0.25) is 0 Å². The van der Waals surface area contributed by atoms with Crippen LogP contribution in [0.4, 0.5) is 0 Å². The maximum Gasteiger partial charge on any atom is 0.261 e. The van der Waals surface area contributed by atoms with E-state index in [0.717, 1.165) is 26.5 Å². The fraction of sp³-hybridized carbons (Fsp3) is 0.250. The van der Waals surface area contributed by atoms with Gasteiger partial charge in [-0.25, -0.2) is 4.98 Å². The second-order valence-corrected chi connectivity index (χ2v) is 6.87. The van der Waals surface area contributed by atoms with E-state index in [4.69, 9.17) is 4.74 Å². The highest BCUT2D eigenvalue weighted by Crippen LogP contribution is 2.34. The molecule has 6 heteroatoms. The molecule has 0 saturated carbocycles. The fourth-order valence-corrected chi connectivity index (χ4v) is 4.00. The van der Waals surface area contributed by atoms with E-state index in [2.05, 4.69) is 16.4 Å². The van der Waals surface area contributed by atoms with Gasteiger partial charge in [-0.1, -0.05) is 12.1 Å². The summed E-state index contributed by atoms with van der Waals surface area (Å²) < 4.78 is 6.13. The van der Waals surface area contributed by atoms with Crippen molar-refractivity contribution >= 4 is 38.8 Å². The monoisotopic (exact) mass is 332 g/mol. The molecule has 4 nitrogen and oxygen atoms in total. The Kier molecular flexibility index (Phi) is 4.82. The molecule has 1 N–H and O–H groups in total. The lowest BCUT2D eigenvalue weighted by molar-refractivity contribution is 0.0952. The Bertz CT molecular complexity index is 746. The van der Waals surface area contributed by atoms with Gasteiger partial charge in [-0.3, -0.25) is 4.79 Å². The second kappa shape index (κ2) is 7.00. The standard InChI is InChI=1S/C16H16N2O2S2/c1-20-10-4-9-17-15(19)13-7-8-14(21-13)16-18-11-5-2-3-6-12(11)22-16/h2-3,5-8H,4,9-10H2,1H3,(H,17,19). The predicted molar refractivity (Wildman–Crippen MR) is 91.8 cm³/mol. The number of thiophene rings is 1. The highest BCUT2D eigenvalue weighted by molar-refractivity contribution is 7.26. The number of rotatable bonds is 6. The van der Waals surface area contributed by atoms with Gasteiger partial charge in [0.05, 0.1) is 20.0 Å². The lowest BCUT2D eigenvalue weighted by atomic mass is 10.3. The van der Waals surface area contributed by atoms with Gasteiger partial charge >= 0.3 is 0 Å². The number of benzene rings is 1. The van der Waals surface area contributed by atoms with Gasteiger partial charge in [-0.15, -0.1) is 22.7 Å². The van der Waals surface area contributed by atoms with Gasteiger partial charge in [0.1, 0.15) is 5.01 Å². The number of fused-ring (bicyclic) bond motifs is 1. The first-order valence-corrected chi connectivity index (χ1v) is 8.64. The van der Waals surface area contributed by atoms with Crippen LogP contribution in [0.5, 0.6) is 0 Å². The fourth-order valence-electron chi connectivity index (χ4n) is 2.06. The summed E-state index contributed by atoms with van der Waals surface area (Å²) >= 11 is 3.13. The van der Waals surface area contributed by atoms with E-state index in [1.807, 2.05) is 30.3 Å². The van der Waals surface area contributed by atoms with E-state index in [0.29, 0.717) is 18.0 Å². The summed E-state index contributed by atoms with van der Waals surface area (Å²) in [6.07, 6.45) is 0.818. The largest absolute Gasteiger partial charge is 0.385 e. The zero-order valence-corrected chi connectivity index (χ0v) is 13.8. The number of para-hydroxylation sites is 1. The quantitative estimate of drug-likeness (QED) is 0.699. The Balaban J connectivity index is 1.71. The van der Waals surface area contributed by atoms with Gasteiger partial charge < -0.3 is 10.1 Å². The van der Waals surface area contributed by atoms with E-state index in [1.54, 1.807) is 18.4 Å². The summed E-state index contributed by atoms with van der Waals surface area (Å²) in [5.41, 5.74) is 1.00. The van der Waals surface area contributed by atoms with Gasteiger partial charge in [0.15, 0.2) is 0 Å². The first kappa shape index (κ1) is 15.1. The molecule has 114 valence electrons. The second-order valence-electron chi connectivity index (χ2n) is 4.75. The number of nitrogens with one attached hydrogen (secondary N) is 1. The number of carbonyl (C=O) groups is 1. The molecular weight excluding hydrogens is 316 g/mol. The number of thiazole rings is 1. The predicted octanol–water partition coefficient (Wildman–Crippen LogP) is 3.79. The number of hydrogen-bond donors (Lipinski definition) is 1. The summed E-state index contributed by atoms with van der Waals surface area (Å²) in [5, 5.41) is 3.86. The molecule has 0 unspecified atom stereocenters. The SMILES string of the molecule is COCCCNC(=O)c1ccc(-c2nc3ccccc3s2)s1.